The molecule has 1 aliphatic heterocycles. The van der Waals surface area contributed by atoms with E-state index in [1.54, 1.807) is 31.3 Å². The molecule has 1 saturated heterocycles. The Labute approximate surface area is 93.4 Å². The molecule has 0 radical (unpaired) electrons. The molecule has 1 aliphatic rings. The molecule has 2 rings (SSSR count). The zero-order valence-corrected chi connectivity index (χ0v) is 9.01. The fourth-order valence-electron chi connectivity index (χ4n) is 1.61. The van der Waals surface area contributed by atoms with Crippen LogP contribution in [-0.2, 0) is 9.59 Å². The van der Waals surface area contributed by atoms with Gasteiger partial charge in [-0.05, 0) is 24.3 Å². The number of nitrogens with two attached hydrogens (primary N) is 1. The van der Waals surface area contributed by atoms with E-state index >= 15 is 0 Å². The Bertz CT molecular complexity index is 427. The molecular formula is C11H13N3O2. The Hall–Kier alpha value is -2.04. The lowest BCUT2D eigenvalue weighted by atomic mass is 10.2. The summed E-state index contributed by atoms with van der Waals surface area (Å²) in [5.74, 6) is -0.136. The number of piperazine rings is 1. The SMILES string of the molecule is CN1CC(=O)N(c2ccc(N)cc2)CC1=O. The third-order valence-electron chi connectivity index (χ3n) is 2.60. The second kappa shape index (κ2) is 3.84. The Kier molecular flexibility index (Phi) is 2.52. The lowest BCUT2D eigenvalue weighted by Crippen LogP contribution is -2.52. The molecule has 0 spiro atoms. The number of amides is 2. The maximum atomic E-state index is 11.7. The molecule has 1 aromatic carbocycles. The van der Waals surface area contributed by atoms with Crippen molar-refractivity contribution in [2.75, 3.05) is 30.8 Å². The van der Waals surface area contributed by atoms with Crippen LogP contribution in [0.5, 0.6) is 0 Å². The van der Waals surface area contributed by atoms with Gasteiger partial charge in [0.25, 0.3) is 0 Å². The highest BCUT2D eigenvalue weighted by Crippen LogP contribution is 2.18. The number of hydrogen-bond acceptors (Lipinski definition) is 3. The number of rotatable bonds is 1. The first kappa shape index (κ1) is 10.5. The van der Waals surface area contributed by atoms with Gasteiger partial charge in [0.1, 0.15) is 6.54 Å². The summed E-state index contributed by atoms with van der Waals surface area (Å²) < 4.78 is 0. The average Bonchev–Trinajstić information content (AvgIpc) is 2.25. The largest absolute Gasteiger partial charge is 0.399 e. The van der Waals surface area contributed by atoms with Gasteiger partial charge in [0, 0.05) is 18.4 Å². The van der Waals surface area contributed by atoms with E-state index in [-0.39, 0.29) is 24.9 Å². The summed E-state index contributed by atoms with van der Waals surface area (Å²) in [6.07, 6.45) is 0. The van der Waals surface area contributed by atoms with E-state index in [4.69, 9.17) is 5.73 Å². The fourth-order valence-corrected chi connectivity index (χ4v) is 1.61. The van der Waals surface area contributed by atoms with E-state index in [1.165, 1.54) is 9.80 Å². The molecule has 84 valence electrons. The maximum absolute atomic E-state index is 11.7. The minimum Gasteiger partial charge on any atom is -0.399 e. The third-order valence-corrected chi connectivity index (χ3v) is 2.60. The number of carbonyl (C=O) groups is 2. The van der Waals surface area contributed by atoms with Gasteiger partial charge in [-0.2, -0.15) is 0 Å². The lowest BCUT2D eigenvalue weighted by molar-refractivity contribution is -0.136. The zero-order valence-electron chi connectivity index (χ0n) is 9.01. The highest BCUT2D eigenvalue weighted by Gasteiger charge is 2.28. The van der Waals surface area contributed by atoms with Crippen LogP contribution in [0.25, 0.3) is 0 Å². The molecule has 5 heteroatoms. The highest BCUT2D eigenvalue weighted by molar-refractivity contribution is 6.04. The van der Waals surface area contributed by atoms with Crippen molar-refractivity contribution in [3.8, 4) is 0 Å². The Balaban J connectivity index is 2.24. The molecule has 0 atom stereocenters. The van der Waals surface area contributed by atoms with Gasteiger partial charge in [-0.15, -0.1) is 0 Å². The van der Waals surface area contributed by atoms with Gasteiger partial charge in [-0.3, -0.25) is 9.59 Å². The minimum atomic E-state index is -0.0770. The quantitative estimate of drug-likeness (QED) is 0.680. The van der Waals surface area contributed by atoms with Crippen LogP contribution >= 0.6 is 0 Å². The van der Waals surface area contributed by atoms with Crippen molar-refractivity contribution in [2.45, 2.75) is 0 Å². The van der Waals surface area contributed by atoms with Crippen LogP contribution in [0.2, 0.25) is 0 Å². The van der Waals surface area contributed by atoms with Crippen molar-refractivity contribution >= 4 is 23.2 Å². The Morgan fingerprint density at radius 2 is 1.69 bits per heavy atom. The van der Waals surface area contributed by atoms with Crippen LogP contribution in [0.3, 0.4) is 0 Å². The first-order valence-corrected chi connectivity index (χ1v) is 4.98. The standard InChI is InChI=1S/C11H13N3O2/c1-13-6-11(16)14(7-10(13)15)9-4-2-8(12)3-5-9/h2-5H,6-7,12H2,1H3. The van der Waals surface area contributed by atoms with E-state index < -0.39 is 0 Å². The summed E-state index contributed by atoms with van der Waals surface area (Å²) in [5.41, 5.74) is 6.91. The summed E-state index contributed by atoms with van der Waals surface area (Å²) in [7, 11) is 1.63. The van der Waals surface area contributed by atoms with Crippen molar-refractivity contribution in [2.24, 2.45) is 0 Å². The van der Waals surface area contributed by atoms with E-state index in [0.717, 1.165) is 0 Å². The van der Waals surface area contributed by atoms with Gasteiger partial charge in [0.2, 0.25) is 11.8 Å². The molecule has 16 heavy (non-hydrogen) atoms. The first-order valence-electron chi connectivity index (χ1n) is 4.98. The average molecular weight is 219 g/mol. The fraction of sp³-hybridized carbons (Fsp3) is 0.273. The number of likely N-dealkylation sites (N-methyl/N-ethyl adjacent to an activating group) is 1. The van der Waals surface area contributed by atoms with Crippen molar-refractivity contribution in [1.29, 1.82) is 0 Å². The molecule has 0 aliphatic carbocycles. The molecule has 1 heterocycles. The van der Waals surface area contributed by atoms with Gasteiger partial charge in [-0.1, -0.05) is 0 Å². The normalized spacial score (nSPS) is 16.8. The van der Waals surface area contributed by atoms with Crippen molar-refractivity contribution in [3.05, 3.63) is 24.3 Å². The van der Waals surface area contributed by atoms with E-state index in [0.29, 0.717) is 11.4 Å². The summed E-state index contributed by atoms with van der Waals surface area (Å²) in [6.45, 7) is 0.225. The van der Waals surface area contributed by atoms with E-state index in [2.05, 4.69) is 0 Å². The van der Waals surface area contributed by atoms with Crippen LogP contribution in [0.4, 0.5) is 11.4 Å². The molecule has 5 nitrogen and oxygen atoms in total. The molecular weight excluding hydrogens is 206 g/mol. The van der Waals surface area contributed by atoms with Gasteiger partial charge in [-0.25, -0.2) is 0 Å². The third kappa shape index (κ3) is 1.84. The van der Waals surface area contributed by atoms with Crippen LogP contribution in [-0.4, -0.2) is 36.9 Å². The van der Waals surface area contributed by atoms with Crippen molar-refractivity contribution in [1.82, 2.24) is 4.90 Å². The zero-order chi connectivity index (χ0) is 11.7. The molecule has 2 amide bonds. The Morgan fingerprint density at radius 3 is 2.31 bits per heavy atom. The number of benzene rings is 1. The van der Waals surface area contributed by atoms with Gasteiger partial charge < -0.3 is 15.5 Å². The van der Waals surface area contributed by atoms with Gasteiger partial charge >= 0.3 is 0 Å². The summed E-state index contributed by atoms with van der Waals surface area (Å²) in [4.78, 5) is 26.1. The summed E-state index contributed by atoms with van der Waals surface area (Å²) in [5, 5.41) is 0. The predicted molar refractivity (Wildman–Crippen MR) is 60.8 cm³/mol. The highest BCUT2D eigenvalue weighted by atomic mass is 16.2. The molecule has 0 aromatic heterocycles. The van der Waals surface area contributed by atoms with Gasteiger partial charge in [0.15, 0.2) is 0 Å². The topological polar surface area (TPSA) is 66.6 Å². The van der Waals surface area contributed by atoms with Gasteiger partial charge in [0.05, 0.1) is 6.54 Å². The first-order chi connectivity index (χ1) is 7.58. The molecule has 2 N–H and O–H groups in total. The van der Waals surface area contributed by atoms with E-state index in [1.807, 2.05) is 0 Å². The number of carbonyl (C=O) groups excluding carboxylic acids is 2. The smallest absolute Gasteiger partial charge is 0.247 e. The second-order valence-electron chi connectivity index (χ2n) is 3.82. The monoisotopic (exact) mass is 219 g/mol. The number of hydrogen-bond donors (Lipinski definition) is 1. The molecule has 0 bridgehead atoms. The van der Waals surface area contributed by atoms with Crippen LogP contribution in [0.15, 0.2) is 24.3 Å². The molecule has 1 aromatic rings. The predicted octanol–water partition coefficient (Wildman–Crippen LogP) is 0.0738. The van der Waals surface area contributed by atoms with Crippen molar-refractivity contribution < 1.29 is 9.59 Å². The summed E-state index contributed by atoms with van der Waals surface area (Å²) in [6, 6.07) is 6.91. The number of nitrogens with zero attached hydrogens (tertiary/aromatic N) is 2. The van der Waals surface area contributed by atoms with Crippen LogP contribution in [0.1, 0.15) is 0 Å². The van der Waals surface area contributed by atoms with E-state index in [9.17, 15) is 9.59 Å². The van der Waals surface area contributed by atoms with Crippen LogP contribution < -0.4 is 10.6 Å². The summed E-state index contributed by atoms with van der Waals surface area (Å²) >= 11 is 0. The maximum Gasteiger partial charge on any atom is 0.247 e. The lowest BCUT2D eigenvalue weighted by Gasteiger charge is -2.31. The van der Waals surface area contributed by atoms with Crippen LogP contribution in [0, 0.1) is 0 Å². The molecule has 0 unspecified atom stereocenters. The van der Waals surface area contributed by atoms with Crippen molar-refractivity contribution in [3.63, 3.8) is 0 Å². The molecule has 0 saturated carbocycles. The Morgan fingerprint density at radius 1 is 1.06 bits per heavy atom. The minimum absolute atomic E-state index is 0.0589. The second-order valence-corrected chi connectivity index (χ2v) is 3.82. The molecule has 1 fully saturated rings. The number of nitrogen functional groups attached to an aromatic ring is 1. The number of anilines is 2.